The molecular weight excluding hydrogens is 172 g/mol. The predicted molar refractivity (Wildman–Crippen MR) is 50.8 cm³/mol. The van der Waals surface area contributed by atoms with E-state index in [9.17, 15) is 8.42 Å². The van der Waals surface area contributed by atoms with Crippen molar-refractivity contribution in [2.24, 2.45) is 5.41 Å². The van der Waals surface area contributed by atoms with Gasteiger partial charge in [-0.1, -0.05) is 12.2 Å². The molecule has 0 aromatic rings. The van der Waals surface area contributed by atoms with Crippen LogP contribution in [-0.4, -0.2) is 20.9 Å². The molecule has 0 aromatic carbocycles. The average Bonchev–Trinajstić information content (AvgIpc) is 2.35. The molecule has 2 rings (SSSR count). The maximum absolute atomic E-state index is 9.63. The highest BCUT2D eigenvalue weighted by atomic mass is 32.2. The Morgan fingerprint density at radius 2 is 1.42 bits per heavy atom. The first kappa shape index (κ1) is 9.78. The first-order chi connectivity index (χ1) is 5.41. The zero-order valence-electron chi connectivity index (χ0n) is 7.71. The lowest BCUT2D eigenvalue weighted by molar-refractivity contribution is 0.559. The lowest BCUT2D eigenvalue weighted by atomic mass is 10.1. The Bertz CT molecular complexity index is 253. The zero-order chi connectivity index (χ0) is 9.24. The molecule has 0 saturated heterocycles. The van der Waals surface area contributed by atoms with Gasteiger partial charge in [-0.25, -0.2) is 8.42 Å². The van der Waals surface area contributed by atoms with Gasteiger partial charge in [0.1, 0.15) is 9.84 Å². The Labute approximate surface area is 74.6 Å². The van der Waals surface area contributed by atoms with Crippen LogP contribution in [0.1, 0.15) is 25.7 Å². The summed E-state index contributed by atoms with van der Waals surface area (Å²) < 4.78 is 19.3. The second kappa shape index (κ2) is 3.21. The Morgan fingerprint density at radius 1 is 1.08 bits per heavy atom. The summed E-state index contributed by atoms with van der Waals surface area (Å²) in [7, 11) is -2.67. The molecular formula is C9H16O2S. The molecule has 12 heavy (non-hydrogen) atoms. The van der Waals surface area contributed by atoms with Gasteiger partial charge in [-0.15, -0.1) is 0 Å². The summed E-state index contributed by atoms with van der Waals surface area (Å²) in [5.74, 6) is 0. The fourth-order valence-corrected chi connectivity index (χ4v) is 1.34. The highest BCUT2D eigenvalue weighted by molar-refractivity contribution is 7.89. The molecule has 0 bridgehead atoms. The second-order valence-electron chi connectivity index (χ2n) is 4.02. The van der Waals surface area contributed by atoms with Crippen LogP contribution in [-0.2, 0) is 9.84 Å². The minimum absolute atomic E-state index is 0.833. The lowest BCUT2D eigenvalue weighted by Crippen LogP contribution is -1.87. The highest BCUT2D eigenvalue weighted by Gasteiger charge is 2.41. The number of allylic oxidation sites excluding steroid dienone is 2. The maximum atomic E-state index is 9.63. The fraction of sp³-hybridized carbons (Fsp3) is 0.778. The number of hydrogen-bond donors (Lipinski definition) is 0. The van der Waals surface area contributed by atoms with Crippen molar-refractivity contribution in [3.8, 4) is 0 Å². The van der Waals surface area contributed by atoms with Crippen molar-refractivity contribution in [1.29, 1.82) is 0 Å². The van der Waals surface area contributed by atoms with Crippen LogP contribution >= 0.6 is 0 Å². The summed E-state index contributed by atoms with van der Waals surface area (Å²) in [4.78, 5) is 0. The maximum Gasteiger partial charge on any atom is 0.144 e. The van der Waals surface area contributed by atoms with E-state index in [2.05, 4.69) is 12.2 Å². The van der Waals surface area contributed by atoms with Crippen LogP contribution < -0.4 is 0 Å². The van der Waals surface area contributed by atoms with Gasteiger partial charge in [-0.2, -0.15) is 0 Å². The van der Waals surface area contributed by atoms with Crippen molar-refractivity contribution >= 4 is 9.84 Å². The first-order valence-electron chi connectivity index (χ1n) is 4.21. The third-order valence-electron chi connectivity index (χ3n) is 2.23. The summed E-state index contributed by atoms with van der Waals surface area (Å²) in [6.07, 6.45) is 12.7. The van der Waals surface area contributed by atoms with E-state index in [1.807, 2.05) is 0 Å². The summed E-state index contributed by atoms with van der Waals surface area (Å²) in [5.41, 5.74) is 0.833. The smallest absolute Gasteiger partial charge is 0.144 e. The molecule has 3 heteroatoms. The van der Waals surface area contributed by atoms with Crippen LogP contribution in [0.15, 0.2) is 12.2 Å². The second-order valence-corrected chi connectivity index (χ2v) is 6.31. The highest BCUT2D eigenvalue weighted by Crippen LogP contribution is 2.54. The van der Waals surface area contributed by atoms with Crippen molar-refractivity contribution in [3.63, 3.8) is 0 Å². The molecule has 0 aliphatic heterocycles. The summed E-state index contributed by atoms with van der Waals surface area (Å²) in [6.45, 7) is 0. The Kier molecular flexibility index (Phi) is 2.61. The molecule has 0 radical (unpaired) electrons. The van der Waals surface area contributed by atoms with Crippen LogP contribution in [0, 0.1) is 5.41 Å². The Hall–Kier alpha value is -0.310. The fourth-order valence-electron chi connectivity index (χ4n) is 1.34. The predicted octanol–water partition coefficient (Wildman–Crippen LogP) is 1.78. The molecule has 2 aliphatic rings. The van der Waals surface area contributed by atoms with Crippen LogP contribution in [0.25, 0.3) is 0 Å². The van der Waals surface area contributed by atoms with Gasteiger partial charge in [-0.3, -0.25) is 0 Å². The van der Waals surface area contributed by atoms with Crippen LogP contribution in [0.2, 0.25) is 0 Å². The minimum atomic E-state index is -2.67. The molecule has 0 atom stereocenters. The molecule has 0 heterocycles. The van der Waals surface area contributed by atoms with E-state index >= 15 is 0 Å². The van der Waals surface area contributed by atoms with Gasteiger partial charge < -0.3 is 0 Å². The van der Waals surface area contributed by atoms with Crippen LogP contribution in [0.5, 0.6) is 0 Å². The van der Waals surface area contributed by atoms with Crippen molar-refractivity contribution in [2.45, 2.75) is 25.7 Å². The zero-order valence-corrected chi connectivity index (χ0v) is 8.52. The van der Waals surface area contributed by atoms with E-state index in [4.69, 9.17) is 0 Å². The summed E-state index contributed by atoms with van der Waals surface area (Å²) >= 11 is 0. The van der Waals surface area contributed by atoms with Crippen molar-refractivity contribution in [1.82, 2.24) is 0 Å². The average molecular weight is 188 g/mol. The first-order valence-corrected chi connectivity index (χ1v) is 6.51. The van der Waals surface area contributed by atoms with Gasteiger partial charge in [-0.05, 0) is 31.1 Å². The molecule has 0 amide bonds. The van der Waals surface area contributed by atoms with E-state index in [0.29, 0.717) is 0 Å². The quantitative estimate of drug-likeness (QED) is 0.543. The third-order valence-corrected chi connectivity index (χ3v) is 2.23. The molecule has 70 valence electrons. The van der Waals surface area contributed by atoms with E-state index in [1.54, 1.807) is 0 Å². The van der Waals surface area contributed by atoms with E-state index in [0.717, 1.165) is 17.9 Å². The molecule has 2 aliphatic carbocycles. The van der Waals surface area contributed by atoms with Gasteiger partial charge in [0.2, 0.25) is 0 Å². The van der Waals surface area contributed by atoms with Gasteiger partial charge in [0.15, 0.2) is 0 Å². The summed E-state index contributed by atoms with van der Waals surface area (Å²) in [5, 5.41) is 0. The van der Waals surface area contributed by atoms with Crippen molar-refractivity contribution < 1.29 is 8.42 Å². The lowest BCUT2D eigenvalue weighted by Gasteiger charge is -1.98. The van der Waals surface area contributed by atoms with Gasteiger partial charge in [0.05, 0.1) is 0 Å². The van der Waals surface area contributed by atoms with Crippen molar-refractivity contribution in [3.05, 3.63) is 12.2 Å². The Morgan fingerprint density at radius 3 is 1.58 bits per heavy atom. The Balaban J connectivity index is 0.000000130. The third kappa shape index (κ3) is 3.90. The molecule has 0 aromatic heterocycles. The van der Waals surface area contributed by atoms with E-state index in [1.165, 1.54) is 25.7 Å². The van der Waals surface area contributed by atoms with E-state index in [-0.39, 0.29) is 0 Å². The van der Waals surface area contributed by atoms with Gasteiger partial charge in [0, 0.05) is 12.5 Å². The number of rotatable bonds is 0. The minimum Gasteiger partial charge on any atom is -0.229 e. The molecule has 1 saturated carbocycles. The number of hydrogen-bond acceptors (Lipinski definition) is 2. The standard InChI is InChI=1S/C7H10.C2H6O2S/c1-2-4-7(3-1)5-6-7;1-5(2,3)4/h1-2H,3-6H2;1-2H3. The monoisotopic (exact) mass is 188 g/mol. The SMILES string of the molecule is C1=CCC2(C1)CC2.CS(C)(=O)=O. The van der Waals surface area contributed by atoms with Gasteiger partial charge in [0.25, 0.3) is 0 Å². The molecule has 1 spiro atoms. The van der Waals surface area contributed by atoms with E-state index < -0.39 is 9.84 Å². The molecule has 2 nitrogen and oxygen atoms in total. The molecule has 0 unspecified atom stereocenters. The molecule has 0 N–H and O–H groups in total. The van der Waals surface area contributed by atoms with Crippen LogP contribution in [0.3, 0.4) is 0 Å². The normalized spacial score (nSPS) is 23.5. The topological polar surface area (TPSA) is 34.1 Å². The van der Waals surface area contributed by atoms with Crippen molar-refractivity contribution in [2.75, 3.05) is 12.5 Å². The summed E-state index contributed by atoms with van der Waals surface area (Å²) in [6, 6.07) is 0. The molecule has 1 fully saturated rings. The van der Waals surface area contributed by atoms with Crippen LogP contribution in [0.4, 0.5) is 0 Å². The number of sulfone groups is 1. The largest absolute Gasteiger partial charge is 0.229 e. The van der Waals surface area contributed by atoms with Gasteiger partial charge >= 0.3 is 0 Å².